The molecule has 0 saturated carbocycles. The maximum Gasteiger partial charge on any atom is 0.248 e. The van der Waals surface area contributed by atoms with Crippen LogP contribution in [0.3, 0.4) is 0 Å². The summed E-state index contributed by atoms with van der Waals surface area (Å²) in [6.45, 7) is 0.557. The van der Waals surface area contributed by atoms with Gasteiger partial charge in [-0.25, -0.2) is 0 Å². The van der Waals surface area contributed by atoms with Gasteiger partial charge in [-0.15, -0.1) is 6.42 Å². The summed E-state index contributed by atoms with van der Waals surface area (Å²) in [4.78, 5) is 17.2. The number of nitrogens with zero attached hydrogens (tertiary/aromatic N) is 2. The van der Waals surface area contributed by atoms with Crippen molar-refractivity contribution in [1.82, 2.24) is 4.57 Å². The molecule has 0 aliphatic carbocycles. The normalized spacial score (nSPS) is 13.1. The minimum atomic E-state index is -0.161. The lowest BCUT2D eigenvalue weighted by molar-refractivity contribution is -0.118. The number of terminal acetylenes is 1. The summed E-state index contributed by atoms with van der Waals surface area (Å²) in [5, 5.41) is 0. The number of carbonyl (C=O) groups excluding carboxylic acids is 1. The van der Waals surface area contributed by atoms with Crippen LogP contribution in [0.2, 0.25) is 0 Å². The molecule has 0 radical (unpaired) electrons. The van der Waals surface area contributed by atoms with E-state index in [0.29, 0.717) is 35.7 Å². The largest absolute Gasteiger partial charge is 0.454 e. The topological polar surface area (TPSA) is 52.8 Å². The molecule has 1 aliphatic heterocycles. The lowest BCUT2D eigenvalue weighted by atomic mass is 10.1. The molecule has 26 heavy (non-hydrogen) atoms. The SMILES string of the molecule is C#CCn1c(=NC(=O)CCc2ccccc2)sc2cc3c(cc21)OCO3. The van der Waals surface area contributed by atoms with Crippen molar-refractivity contribution in [3.05, 3.63) is 52.8 Å². The standard InChI is InChI=1S/C20H16N2O3S/c1-2-10-22-15-11-16-17(25-13-24-16)12-18(15)26-20(22)21-19(23)9-8-14-6-4-3-5-7-14/h1,3-7,11-12H,8-10,13H2. The summed E-state index contributed by atoms with van der Waals surface area (Å²) < 4.78 is 13.7. The summed E-state index contributed by atoms with van der Waals surface area (Å²) in [7, 11) is 0. The Kier molecular flexibility index (Phi) is 4.46. The highest BCUT2D eigenvalue weighted by molar-refractivity contribution is 7.16. The van der Waals surface area contributed by atoms with Crippen LogP contribution in [0, 0.1) is 12.3 Å². The summed E-state index contributed by atoms with van der Waals surface area (Å²) in [5.74, 6) is 3.85. The van der Waals surface area contributed by atoms with Crippen molar-refractivity contribution in [2.45, 2.75) is 19.4 Å². The van der Waals surface area contributed by atoms with Crippen molar-refractivity contribution in [2.24, 2.45) is 4.99 Å². The predicted molar refractivity (Wildman–Crippen MR) is 100 cm³/mol. The molecule has 2 aromatic carbocycles. The van der Waals surface area contributed by atoms with E-state index in [1.54, 1.807) is 0 Å². The van der Waals surface area contributed by atoms with Gasteiger partial charge in [-0.2, -0.15) is 4.99 Å². The number of amides is 1. The van der Waals surface area contributed by atoms with Gasteiger partial charge in [-0.05, 0) is 12.0 Å². The van der Waals surface area contributed by atoms with Crippen LogP contribution in [0.1, 0.15) is 12.0 Å². The van der Waals surface area contributed by atoms with Gasteiger partial charge in [0.2, 0.25) is 12.7 Å². The average molecular weight is 364 g/mol. The smallest absolute Gasteiger partial charge is 0.248 e. The van der Waals surface area contributed by atoms with E-state index in [0.717, 1.165) is 15.8 Å². The number of rotatable bonds is 4. The highest BCUT2D eigenvalue weighted by Gasteiger charge is 2.17. The minimum absolute atomic E-state index is 0.161. The Morgan fingerprint density at radius 3 is 2.77 bits per heavy atom. The molecule has 4 rings (SSSR count). The van der Waals surface area contributed by atoms with Crippen LogP contribution in [-0.4, -0.2) is 17.3 Å². The van der Waals surface area contributed by atoms with E-state index >= 15 is 0 Å². The van der Waals surface area contributed by atoms with Crippen molar-refractivity contribution in [2.75, 3.05) is 6.79 Å². The average Bonchev–Trinajstić information content (AvgIpc) is 3.24. The molecular formula is C20H16N2O3S. The Morgan fingerprint density at radius 1 is 1.23 bits per heavy atom. The van der Waals surface area contributed by atoms with Crippen molar-refractivity contribution in [3.63, 3.8) is 0 Å². The fourth-order valence-electron chi connectivity index (χ4n) is 2.85. The van der Waals surface area contributed by atoms with E-state index < -0.39 is 0 Å². The van der Waals surface area contributed by atoms with Crippen molar-refractivity contribution in [1.29, 1.82) is 0 Å². The van der Waals surface area contributed by atoms with Crippen LogP contribution in [0.15, 0.2) is 47.5 Å². The summed E-state index contributed by atoms with van der Waals surface area (Å²) in [6.07, 6.45) is 6.53. The molecule has 6 heteroatoms. The number of carbonyl (C=O) groups is 1. The first-order chi connectivity index (χ1) is 12.7. The first-order valence-corrected chi connectivity index (χ1v) is 9.04. The number of aryl methyl sites for hydroxylation is 1. The van der Waals surface area contributed by atoms with Gasteiger partial charge in [-0.3, -0.25) is 4.79 Å². The lowest BCUT2D eigenvalue weighted by Gasteiger charge is -2.01. The number of fused-ring (bicyclic) bond motifs is 2. The van der Waals surface area contributed by atoms with Gasteiger partial charge in [0.25, 0.3) is 0 Å². The zero-order chi connectivity index (χ0) is 17.9. The highest BCUT2D eigenvalue weighted by atomic mass is 32.1. The van der Waals surface area contributed by atoms with E-state index in [-0.39, 0.29) is 12.7 Å². The molecule has 130 valence electrons. The van der Waals surface area contributed by atoms with Gasteiger partial charge in [0.1, 0.15) is 0 Å². The number of thiazole rings is 1. The van der Waals surface area contributed by atoms with Crippen LogP contribution in [-0.2, 0) is 17.8 Å². The van der Waals surface area contributed by atoms with E-state index in [2.05, 4.69) is 10.9 Å². The van der Waals surface area contributed by atoms with Gasteiger partial charge in [0.15, 0.2) is 16.3 Å². The Hall–Kier alpha value is -3.04. The number of ether oxygens (including phenoxy) is 2. The number of aromatic nitrogens is 1. The third-order valence-corrected chi connectivity index (χ3v) is 5.16. The number of benzene rings is 2. The molecular weight excluding hydrogens is 348 g/mol. The lowest BCUT2D eigenvalue weighted by Crippen LogP contribution is -2.16. The Bertz CT molecular complexity index is 1070. The molecule has 0 bridgehead atoms. The zero-order valence-electron chi connectivity index (χ0n) is 14.0. The summed E-state index contributed by atoms with van der Waals surface area (Å²) in [5.41, 5.74) is 2.02. The van der Waals surface area contributed by atoms with Crippen molar-refractivity contribution >= 4 is 27.5 Å². The third kappa shape index (κ3) is 3.22. The summed E-state index contributed by atoms with van der Waals surface area (Å²) >= 11 is 1.42. The molecule has 0 N–H and O–H groups in total. The Balaban J connectivity index is 1.66. The van der Waals surface area contributed by atoms with Crippen molar-refractivity contribution in [3.8, 4) is 23.8 Å². The van der Waals surface area contributed by atoms with Crippen LogP contribution in [0.25, 0.3) is 10.2 Å². The van der Waals surface area contributed by atoms with Crippen LogP contribution >= 0.6 is 11.3 Å². The number of hydrogen-bond donors (Lipinski definition) is 0. The first-order valence-electron chi connectivity index (χ1n) is 8.22. The second-order valence-corrected chi connectivity index (χ2v) is 6.85. The van der Waals surface area contributed by atoms with E-state index in [9.17, 15) is 4.79 Å². The maximum absolute atomic E-state index is 12.3. The molecule has 0 atom stereocenters. The second kappa shape index (κ2) is 7.06. The van der Waals surface area contributed by atoms with Gasteiger partial charge in [-0.1, -0.05) is 47.6 Å². The molecule has 5 nitrogen and oxygen atoms in total. The fraction of sp³-hybridized carbons (Fsp3) is 0.200. The molecule has 2 heterocycles. The Labute approximate surface area is 154 Å². The molecule has 0 unspecified atom stereocenters. The van der Waals surface area contributed by atoms with Crippen molar-refractivity contribution < 1.29 is 14.3 Å². The summed E-state index contributed by atoms with van der Waals surface area (Å²) in [6, 6.07) is 13.7. The van der Waals surface area contributed by atoms with Crippen LogP contribution in [0.4, 0.5) is 0 Å². The minimum Gasteiger partial charge on any atom is -0.454 e. The van der Waals surface area contributed by atoms with Gasteiger partial charge in [0, 0.05) is 18.6 Å². The fourth-order valence-corrected chi connectivity index (χ4v) is 3.90. The van der Waals surface area contributed by atoms with E-state index in [4.69, 9.17) is 15.9 Å². The van der Waals surface area contributed by atoms with Gasteiger partial charge in [0.05, 0.1) is 16.8 Å². The van der Waals surface area contributed by atoms with Gasteiger partial charge < -0.3 is 14.0 Å². The Morgan fingerprint density at radius 2 is 2.00 bits per heavy atom. The second-order valence-electron chi connectivity index (χ2n) is 5.84. The molecule has 1 aliphatic rings. The third-order valence-electron chi connectivity index (χ3n) is 4.12. The van der Waals surface area contributed by atoms with Gasteiger partial charge >= 0.3 is 0 Å². The number of hydrogen-bond acceptors (Lipinski definition) is 4. The molecule has 0 spiro atoms. The molecule has 0 saturated heterocycles. The molecule has 1 amide bonds. The highest BCUT2D eigenvalue weighted by Crippen LogP contribution is 2.36. The first kappa shape index (κ1) is 16.4. The quantitative estimate of drug-likeness (QED) is 0.669. The zero-order valence-corrected chi connectivity index (χ0v) is 14.8. The molecule has 1 aromatic heterocycles. The van der Waals surface area contributed by atoms with E-state index in [1.807, 2.05) is 47.0 Å². The maximum atomic E-state index is 12.3. The molecule has 0 fully saturated rings. The van der Waals surface area contributed by atoms with Crippen LogP contribution < -0.4 is 14.3 Å². The van der Waals surface area contributed by atoms with E-state index in [1.165, 1.54) is 11.3 Å². The molecule has 3 aromatic rings. The van der Waals surface area contributed by atoms with Crippen LogP contribution in [0.5, 0.6) is 11.5 Å². The predicted octanol–water partition coefficient (Wildman–Crippen LogP) is 3.12. The monoisotopic (exact) mass is 364 g/mol.